The Morgan fingerprint density at radius 2 is 1.79 bits per heavy atom. The fourth-order valence-electron chi connectivity index (χ4n) is 3.45. The van der Waals surface area contributed by atoms with E-state index >= 15 is 0 Å². The van der Waals surface area contributed by atoms with Gasteiger partial charge in [-0.25, -0.2) is 9.69 Å². The molecule has 2 aromatic carbocycles. The highest BCUT2D eigenvalue weighted by atomic mass is 35.5. The molecule has 0 N–H and O–H groups in total. The summed E-state index contributed by atoms with van der Waals surface area (Å²) in [4.78, 5) is 39.9. The summed E-state index contributed by atoms with van der Waals surface area (Å²) in [7, 11) is 0. The number of para-hydroxylation sites is 1. The summed E-state index contributed by atoms with van der Waals surface area (Å²) in [6.45, 7) is 1.80. The first-order valence-corrected chi connectivity index (χ1v) is 9.14. The summed E-state index contributed by atoms with van der Waals surface area (Å²) in [5, 5.41) is 6.11. The van der Waals surface area contributed by atoms with Crippen LogP contribution in [0.3, 0.4) is 0 Å². The van der Waals surface area contributed by atoms with Gasteiger partial charge in [0.1, 0.15) is 12.0 Å². The van der Waals surface area contributed by atoms with Gasteiger partial charge in [-0.05, 0) is 37.3 Å². The van der Waals surface area contributed by atoms with Crippen LogP contribution in [0.1, 0.15) is 6.92 Å². The van der Waals surface area contributed by atoms with Gasteiger partial charge in [0.25, 0.3) is 5.91 Å². The molecule has 2 amide bonds. The van der Waals surface area contributed by atoms with Gasteiger partial charge in [-0.3, -0.25) is 14.6 Å². The first-order chi connectivity index (χ1) is 13.5. The first kappa shape index (κ1) is 18.2. The molecule has 7 nitrogen and oxygen atoms in total. The Morgan fingerprint density at radius 3 is 2.46 bits per heavy atom. The van der Waals surface area contributed by atoms with Gasteiger partial charge in [0, 0.05) is 5.02 Å². The van der Waals surface area contributed by atoms with Crippen LogP contribution in [0.15, 0.2) is 59.7 Å². The van der Waals surface area contributed by atoms with Gasteiger partial charge >= 0.3 is 5.97 Å². The molecule has 0 radical (unpaired) electrons. The highest BCUT2D eigenvalue weighted by Crippen LogP contribution is 2.38. The van der Waals surface area contributed by atoms with Gasteiger partial charge in [-0.15, -0.1) is 0 Å². The Morgan fingerprint density at radius 1 is 1.07 bits per heavy atom. The summed E-state index contributed by atoms with van der Waals surface area (Å²) < 4.78 is 5.06. The Kier molecular flexibility index (Phi) is 4.60. The van der Waals surface area contributed by atoms with Crippen molar-refractivity contribution >= 4 is 46.5 Å². The lowest BCUT2D eigenvalue weighted by Gasteiger charge is -2.22. The van der Waals surface area contributed by atoms with E-state index < -0.39 is 29.7 Å². The predicted octanol–water partition coefficient (Wildman–Crippen LogP) is 2.64. The number of hydrazone groups is 1. The maximum atomic E-state index is 13.2. The number of nitrogens with zero attached hydrogens (tertiary/aromatic N) is 3. The molecule has 1 saturated heterocycles. The van der Waals surface area contributed by atoms with E-state index in [1.807, 2.05) is 0 Å². The number of amides is 2. The molecule has 28 heavy (non-hydrogen) atoms. The highest BCUT2D eigenvalue weighted by Gasteiger charge is 2.59. The molecular weight excluding hydrogens is 382 g/mol. The molecule has 0 aliphatic carbocycles. The van der Waals surface area contributed by atoms with Gasteiger partial charge in [-0.2, -0.15) is 5.10 Å². The molecule has 0 aromatic heterocycles. The van der Waals surface area contributed by atoms with Gasteiger partial charge in [0.05, 0.1) is 18.0 Å². The van der Waals surface area contributed by atoms with E-state index in [1.165, 1.54) is 5.01 Å². The molecule has 0 spiro atoms. The lowest BCUT2D eigenvalue weighted by atomic mass is 9.98. The molecule has 8 heteroatoms. The molecule has 0 bridgehead atoms. The molecule has 142 valence electrons. The SMILES string of the molecule is CCOC(=O)C1=NN(c2cccc(Cl)c2)[C@@H]2C(=O)N(c3ccccc3)C(=O)[C@H]12. The van der Waals surface area contributed by atoms with Crippen LogP contribution in [0.25, 0.3) is 0 Å². The topological polar surface area (TPSA) is 79.3 Å². The van der Waals surface area contributed by atoms with Crippen molar-refractivity contribution in [1.29, 1.82) is 0 Å². The van der Waals surface area contributed by atoms with Gasteiger partial charge in [0.2, 0.25) is 5.91 Å². The Bertz CT molecular complexity index is 992. The summed E-state index contributed by atoms with van der Waals surface area (Å²) in [5.41, 5.74) is 0.877. The number of rotatable bonds is 4. The minimum Gasteiger partial charge on any atom is -0.461 e. The molecule has 2 aliphatic heterocycles. The van der Waals surface area contributed by atoms with Crippen LogP contribution < -0.4 is 9.91 Å². The Labute approximate surface area is 166 Å². The predicted molar refractivity (Wildman–Crippen MR) is 104 cm³/mol. The minimum atomic E-state index is -1.04. The number of hydrogen-bond donors (Lipinski definition) is 0. The molecule has 2 aromatic rings. The Hall–Kier alpha value is -3.19. The molecule has 0 saturated carbocycles. The van der Waals surface area contributed by atoms with E-state index in [-0.39, 0.29) is 12.3 Å². The molecule has 2 atom stereocenters. The van der Waals surface area contributed by atoms with Crippen LogP contribution >= 0.6 is 11.6 Å². The quantitative estimate of drug-likeness (QED) is 0.585. The maximum absolute atomic E-state index is 13.2. The van der Waals surface area contributed by atoms with Gasteiger partial charge in [0.15, 0.2) is 5.71 Å². The molecular formula is C20H16ClN3O4. The van der Waals surface area contributed by atoms with Crippen molar-refractivity contribution < 1.29 is 19.1 Å². The summed E-state index contributed by atoms with van der Waals surface area (Å²) in [5.74, 6) is -2.70. The number of ether oxygens (including phenoxy) is 1. The van der Waals surface area contributed by atoms with Crippen LogP contribution in [0.4, 0.5) is 11.4 Å². The maximum Gasteiger partial charge on any atom is 0.355 e. The number of esters is 1. The van der Waals surface area contributed by atoms with Crippen molar-refractivity contribution in [3.05, 3.63) is 59.6 Å². The summed E-state index contributed by atoms with van der Waals surface area (Å²) in [6, 6.07) is 14.4. The number of benzene rings is 2. The first-order valence-electron chi connectivity index (χ1n) is 8.76. The summed E-state index contributed by atoms with van der Waals surface area (Å²) >= 11 is 6.08. The lowest BCUT2D eigenvalue weighted by molar-refractivity contribution is -0.136. The third-order valence-corrected chi connectivity index (χ3v) is 4.86. The number of fused-ring (bicyclic) bond motifs is 1. The third kappa shape index (κ3) is 2.84. The number of halogens is 1. The molecule has 4 rings (SSSR count). The Balaban J connectivity index is 1.80. The normalized spacial score (nSPS) is 21.0. The average Bonchev–Trinajstić information content (AvgIpc) is 3.20. The van der Waals surface area contributed by atoms with Crippen molar-refractivity contribution in [1.82, 2.24) is 0 Å². The second-order valence-electron chi connectivity index (χ2n) is 6.30. The zero-order chi connectivity index (χ0) is 19.8. The number of anilines is 2. The monoisotopic (exact) mass is 397 g/mol. The second-order valence-corrected chi connectivity index (χ2v) is 6.74. The van der Waals surface area contributed by atoms with Crippen molar-refractivity contribution in [3.8, 4) is 0 Å². The van der Waals surface area contributed by atoms with Crippen molar-refractivity contribution in [2.75, 3.05) is 16.5 Å². The zero-order valence-electron chi connectivity index (χ0n) is 14.9. The highest BCUT2D eigenvalue weighted by molar-refractivity contribution is 6.47. The van der Waals surface area contributed by atoms with E-state index in [4.69, 9.17) is 16.3 Å². The number of carbonyl (C=O) groups is 3. The minimum absolute atomic E-state index is 0.0800. The van der Waals surface area contributed by atoms with E-state index in [1.54, 1.807) is 61.5 Å². The number of imide groups is 1. The second kappa shape index (κ2) is 7.09. The van der Waals surface area contributed by atoms with Crippen molar-refractivity contribution in [2.24, 2.45) is 11.0 Å². The van der Waals surface area contributed by atoms with E-state index in [0.717, 1.165) is 4.90 Å². The lowest BCUT2D eigenvalue weighted by Crippen LogP contribution is -2.39. The van der Waals surface area contributed by atoms with Crippen LogP contribution in [-0.4, -0.2) is 36.1 Å². The van der Waals surface area contributed by atoms with Crippen molar-refractivity contribution in [3.63, 3.8) is 0 Å². The average molecular weight is 398 g/mol. The third-order valence-electron chi connectivity index (χ3n) is 4.62. The molecule has 1 fully saturated rings. The van der Waals surface area contributed by atoms with Crippen molar-refractivity contribution in [2.45, 2.75) is 13.0 Å². The van der Waals surface area contributed by atoms with E-state index in [2.05, 4.69) is 5.10 Å². The number of carbonyl (C=O) groups excluding carboxylic acids is 3. The largest absolute Gasteiger partial charge is 0.461 e. The van der Waals surface area contributed by atoms with Crippen LogP contribution in [0.5, 0.6) is 0 Å². The molecule has 2 heterocycles. The molecule has 2 aliphatic rings. The standard InChI is InChI=1S/C20H16ClN3O4/c1-2-28-20(27)16-15-17(24(22-16)14-10-6-7-12(21)11-14)19(26)23(18(15)25)13-8-4-3-5-9-13/h3-11,15,17H,2H2,1H3/t15-,17+/m1/s1. The van der Waals surface area contributed by atoms with Crippen LogP contribution in [0, 0.1) is 5.92 Å². The van der Waals surface area contributed by atoms with Crippen LogP contribution in [0.2, 0.25) is 5.02 Å². The summed E-state index contributed by atoms with van der Waals surface area (Å²) in [6.07, 6.45) is 0. The van der Waals surface area contributed by atoms with E-state index in [0.29, 0.717) is 16.4 Å². The zero-order valence-corrected chi connectivity index (χ0v) is 15.7. The fraction of sp³-hybridized carbons (Fsp3) is 0.200. The molecule has 0 unspecified atom stereocenters. The van der Waals surface area contributed by atoms with Crippen LogP contribution in [-0.2, 0) is 19.1 Å². The number of hydrogen-bond acceptors (Lipinski definition) is 6. The van der Waals surface area contributed by atoms with E-state index in [9.17, 15) is 14.4 Å². The van der Waals surface area contributed by atoms with Gasteiger partial charge in [-0.1, -0.05) is 35.9 Å². The smallest absolute Gasteiger partial charge is 0.355 e. The van der Waals surface area contributed by atoms with Gasteiger partial charge < -0.3 is 4.74 Å². The fourth-order valence-corrected chi connectivity index (χ4v) is 3.64.